The average molecular weight is 234 g/mol. The number of nitro groups is 2. The predicted molar refractivity (Wildman–Crippen MR) is 53.4 cm³/mol. The molecule has 0 aliphatic carbocycles. The van der Waals surface area contributed by atoms with Gasteiger partial charge in [0, 0.05) is 6.07 Å². The van der Waals surface area contributed by atoms with Gasteiger partial charge in [-0.3, -0.25) is 31.9 Å². The third-order valence-electron chi connectivity index (χ3n) is 1.37. The fraction of sp³-hybridized carbons (Fsp3) is 0. The number of non-ortho nitro benzene ring substituents is 1. The van der Waals surface area contributed by atoms with E-state index >= 15 is 0 Å². The van der Waals surface area contributed by atoms with Crippen molar-refractivity contribution in [2.75, 3.05) is 0 Å². The number of nitrogens with zero attached hydrogens (tertiary/aromatic N) is 2. The zero-order chi connectivity index (χ0) is 12.0. The summed E-state index contributed by atoms with van der Waals surface area (Å²) in [7, 11) is 0. The van der Waals surface area contributed by atoms with E-state index in [9.17, 15) is 20.2 Å². The van der Waals surface area contributed by atoms with Gasteiger partial charge in [-0.05, 0) is 6.07 Å². The summed E-state index contributed by atoms with van der Waals surface area (Å²) in [6.07, 6.45) is 0. The van der Waals surface area contributed by atoms with Crippen molar-refractivity contribution >= 4 is 11.4 Å². The zero-order valence-electron chi connectivity index (χ0n) is 7.86. The molecule has 1 rings (SSSR count). The van der Waals surface area contributed by atoms with Crippen molar-refractivity contribution < 1.29 is 20.4 Å². The summed E-state index contributed by atoms with van der Waals surface area (Å²) in [5.74, 6) is 7.41. The highest BCUT2D eigenvalue weighted by Gasteiger charge is 2.18. The molecule has 0 spiro atoms. The highest BCUT2D eigenvalue weighted by atomic mass is 16.6. The van der Waals surface area contributed by atoms with Crippen molar-refractivity contribution in [2.24, 2.45) is 11.7 Å². The number of hydrogen-bond acceptors (Lipinski definition) is 7. The number of rotatable bonds is 2. The SMILES string of the molecule is NN.O.O=[N+]([O-])c1ccc(O)c([N+](=O)[O-])c1. The molecule has 0 amide bonds. The summed E-state index contributed by atoms with van der Waals surface area (Å²) < 4.78 is 0. The zero-order valence-corrected chi connectivity index (χ0v) is 7.86. The molecule has 0 atom stereocenters. The first-order chi connectivity index (χ1) is 7.02. The number of phenols is 1. The van der Waals surface area contributed by atoms with Gasteiger partial charge in [0.1, 0.15) is 0 Å². The maximum Gasteiger partial charge on any atom is 0.317 e. The molecule has 10 nitrogen and oxygen atoms in total. The van der Waals surface area contributed by atoms with E-state index in [0.29, 0.717) is 6.07 Å². The summed E-state index contributed by atoms with van der Waals surface area (Å²) in [5, 5.41) is 29.3. The lowest BCUT2D eigenvalue weighted by Gasteiger charge is -1.94. The molecule has 0 fully saturated rings. The molecule has 90 valence electrons. The van der Waals surface area contributed by atoms with Crippen LogP contribution in [0.2, 0.25) is 0 Å². The Balaban J connectivity index is 0. The first kappa shape index (κ1) is 16.1. The van der Waals surface area contributed by atoms with Crippen molar-refractivity contribution in [1.29, 1.82) is 0 Å². The van der Waals surface area contributed by atoms with E-state index in [4.69, 9.17) is 5.11 Å². The monoisotopic (exact) mass is 234 g/mol. The van der Waals surface area contributed by atoms with Crippen LogP contribution in [0.4, 0.5) is 11.4 Å². The average Bonchev–Trinajstić information content (AvgIpc) is 2.20. The van der Waals surface area contributed by atoms with Crippen LogP contribution in [-0.4, -0.2) is 20.4 Å². The van der Waals surface area contributed by atoms with Gasteiger partial charge in [-0.15, -0.1) is 0 Å². The molecule has 0 radical (unpaired) electrons. The Morgan fingerprint density at radius 1 is 1.12 bits per heavy atom. The van der Waals surface area contributed by atoms with Crippen molar-refractivity contribution in [3.63, 3.8) is 0 Å². The van der Waals surface area contributed by atoms with E-state index in [1.54, 1.807) is 0 Å². The van der Waals surface area contributed by atoms with Crippen LogP contribution in [0.15, 0.2) is 18.2 Å². The highest BCUT2D eigenvalue weighted by molar-refractivity contribution is 5.52. The summed E-state index contributed by atoms with van der Waals surface area (Å²) in [4.78, 5) is 18.7. The molecule has 0 heterocycles. The number of benzene rings is 1. The van der Waals surface area contributed by atoms with Crippen molar-refractivity contribution in [3.8, 4) is 5.75 Å². The molecule has 0 bridgehead atoms. The van der Waals surface area contributed by atoms with Gasteiger partial charge >= 0.3 is 5.69 Å². The van der Waals surface area contributed by atoms with Crippen LogP contribution in [0.25, 0.3) is 0 Å². The van der Waals surface area contributed by atoms with Crippen LogP contribution in [0.5, 0.6) is 5.75 Å². The van der Waals surface area contributed by atoms with Crippen molar-refractivity contribution in [3.05, 3.63) is 38.4 Å². The summed E-state index contributed by atoms with van der Waals surface area (Å²) in [5.41, 5.74) is -1.10. The van der Waals surface area contributed by atoms with Gasteiger partial charge in [0.15, 0.2) is 5.75 Å². The number of aromatic hydroxyl groups is 1. The number of nitrogens with two attached hydrogens (primary N) is 2. The van der Waals surface area contributed by atoms with Crippen LogP contribution in [0.1, 0.15) is 0 Å². The molecule has 7 N–H and O–H groups in total. The summed E-state index contributed by atoms with van der Waals surface area (Å²) in [6.45, 7) is 0. The van der Waals surface area contributed by atoms with Crippen molar-refractivity contribution in [1.82, 2.24) is 0 Å². The summed E-state index contributed by atoms with van der Waals surface area (Å²) >= 11 is 0. The molecule has 0 aliphatic rings. The largest absolute Gasteiger partial charge is 0.502 e. The lowest BCUT2D eigenvalue weighted by Crippen LogP contribution is -2.02. The lowest BCUT2D eigenvalue weighted by molar-refractivity contribution is -0.394. The van der Waals surface area contributed by atoms with Crippen LogP contribution < -0.4 is 11.7 Å². The Morgan fingerprint density at radius 2 is 1.62 bits per heavy atom. The molecular weight excluding hydrogens is 224 g/mol. The fourth-order valence-corrected chi connectivity index (χ4v) is 0.772. The molecule has 16 heavy (non-hydrogen) atoms. The molecule has 0 saturated carbocycles. The maximum atomic E-state index is 10.2. The lowest BCUT2D eigenvalue weighted by atomic mass is 10.2. The topological polar surface area (TPSA) is 190 Å². The van der Waals surface area contributed by atoms with Gasteiger partial charge in [0.05, 0.1) is 15.9 Å². The molecule has 1 aromatic rings. The van der Waals surface area contributed by atoms with Gasteiger partial charge in [-0.2, -0.15) is 0 Å². The first-order valence-corrected chi connectivity index (χ1v) is 3.47. The van der Waals surface area contributed by atoms with E-state index in [0.717, 1.165) is 12.1 Å². The highest BCUT2D eigenvalue weighted by Crippen LogP contribution is 2.29. The van der Waals surface area contributed by atoms with Gasteiger partial charge in [0.2, 0.25) is 0 Å². The third kappa shape index (κ3) is 3.83. The smallest absolute Gasteiger partial charge is 0.317 e. The minimum atomic E-state index is -0.887. The fourth-order valence-electron chi connectivity index (χ4n) is 0.772. The molecule has 0 aliphatic heterocycles. The Bertz CT molecular complexity index is 381. The second kappa shape index (κ2) is 7.05. The predicted octanol–water partition coefficient (Wildman–Crippen LogP) is -0.797. The second-order valence-electron chi connectivity index (χ2n) is 2.19. The van der Waals surface area contributed by atoms with Crippen LogP contribution in [0, 0.1) is 20.2 Å². The van der Waals surface area contributed by atoms with Gasteiger partial charge in [-0.1, -0.05) is 0 Å². The normalized spacial score (nSPS) is 8.12. The molecular formula is C6H10N4O6. The summed E-state index contributed by atoms with van der Waals surface area (Å²) in [6, 6.07) is 2.61. The van der Waals surface area contributed by atoms with E-state index in [1.165, 1.54) is 0 Å². The molecule has 0 unspecified atom stereocenters. The Hall–Kier alpha value is -2.30. The number of hydrogen-bond donors (Lipinski definition) is 3. The minimum Gasteiger partial charge on any atom is -0.502 e. The Labute approximate surface area is 88.7 Å². The van der Waals surface area contributed by atoms with E-state index in [1.807, 2.05) is 0 Å². The standard InChI is InChI=1S/C6H4N2O5.H4N2.H2O/c9-6-2-1-4(7(10)11)3-5(6)8(12)13;1-2;/h1-3,9H;1-2H2;1H2. The first-order valence-electron chi connectivity index (χ1n) is 3.47. The van der Waals surface area contributed by atoms with Gasteiger partial charge in [-0.25, -0.2) is 0 Å². The van der Waals surface area contributed by atoms with E-state index in [-0.39, 0.29) is 5.48 Å². The van der Waals surface area contributed by atoms with Gasteiger partial charge in [0.25, 0.3) is 5.69 Å². The number of phenolic OH excluding ortho intramolecular Hbond substituents is 1. The van der Waals surface area contributed by atoms with Crippen molar-refractivity contribution in [2.45, 2.75) is 0 Å². The number of hydrazine groups is 1. The Morgan fingerprint density at radius 3 is 2.00 bits per heavy atom. The molecule has 0 saturated heterocycles. The maximum absolute atomic E-state index is 10.2. The second-order valence-corrected chi connectivity index (χ2v) is 2.19. The Kier molecular flexibility index (Phi) is 7.12. The number of nitro benzene ring substituents is 2. The molecule has 0 aromatic heterocycles. The molecule has 10 heteroatoms. The van der Waals surface area contributed by atoms with E-state index < -0.39 is 27.0 Å². The third-order valence-corrected chi connectivity index (χ3v) is 1.37. The van der Waals surface area contributed by atoms with Crippen LogP contribution in [0.3, 0.4) is 0 Å². The minimum absolute atomic E-state index is 0. The van der Waals surface area contributed by atoms with Crippen LogP contribution in [-0.2, 0) is 0 Å². The quantitative estimate of drug-likeness (QED) is 0.338. The van der Waals surface area contributed by atoms with Gasteiger partial charge < -0.3 is 10.6 Å². The van der Waals surface area contributed by atoms with Crippen LogP contribution >= 0.6 is 0 Å². The van der Waals surface area contributed by atoms with E-state index in [2.05, 4.69) is 11.7 Å². The molecule has 1 aromatic carbocycles.